The van der Waals surface area contributed by atoms with Gasteiger partial charge in [0.2, 0.25) is 0 Å². The molecule has 10 heavy (non-hydrogen) atoms. The third kappa shape index (κ3) is 4.66. The van der Waals surface area contributed by atoms with Crippen molar-refractivity contribution in [2.45, 2.75) is 6.92 Å². The third-order valence-electron chi connectivity index (χ3n) is 0.819. The summed E-state index contributed by atoms with van der Waals surface area (Å²) in [5.74, 6) is 0. The summed E-state index contributed by atoms with van der Waals surface area (Å²) in [7, 11) is 0. The fourth-order valence-electron chi connectivity index (χ4n) is 0.450. The van der Waals surface area contributed by atoms with E-state index >= 15 is 0 Å². The van der Waals surface area contributed by atoms with E-state index in [1.807, 2.05) is 19.1 Å². The van der Waals surface area contributed by atoms with E-state index in [1.54, 1.807) is 18.2 Å². The monoisotopic (exact) mass is 134 g/mol. The first-order valence-electron chi connectivity index (χ1n) is 2.96. The molecule has 0 unspecified atom stereocenters. The lowest BCUT2D eigenvalue weighted by molar-refractivity contribution is 1.41. The average molecular weight is 134 g/mol. The van der Waals surface area contributed by atoms with Crippen LogP contribution in [0.15, 0.2) is 36.1 Å². The first-order chi connectivity index (χ1) is 4.81. The second kappa shape index (κ2) is 5.64. The molecule has 2 N–H and O–H groups in total. The number of allylic oxidation sites excluding steroid dienone is 5. The smallest absolute Gasteiger partial charge is 0.0912 e. The molecule has 0 aromatic heterocycles. The summed E-state index contributed by atoms with van der Waals surface area (Å²) in [5.41, 5.74) is 6.09. The highest BCUT2D eigenvalue weighted by molar-refractivity contribution is 5.22. The van der Waals surface area contributed by atoms with Crippen molar-refractivity contribution in [1.82, 2.24) is 0 Å². The minimum absolute atomic E-state index is 0.647. The Bertz CT molecular complexity index is 204. The van der Waals surface area contributed by atoms with Crippen molar-refractivity contribution < 1.29 is 0 Å². The quantitative estimate of drug-likeness (QED) is 0.459. The molecule has 0 saturated carbocycles. The molecule has 52 valence electrons. The lowest BCUT2D eigenvalue weighted by Gasteiger charge is -1.84. The van der Waals surface area contributed by atoms with Crippen LogP contribution in [0, 0.1) is 11.3 Å². The molecule has 0 aromatic carbocycles. The van der Waals surface area contributed by atoms with Crippen LogP contribution in [-0.4, -0.2) is 0 Å². The van der Waals surface area contributed by atoms with Gasteiger partial charge in [-0.05, 0) is 25.2 Å². The van der Waals surface area contributed by atoms with E-state index in [9.17, 15) is 0 Å². The lowest BCUT2D eigenvalue weighted by atomic mass is 10.3. The summed E-state index contributed by atoms with van der Waals surface area (Å²) >= 11 is 0. The third-order valence-corrected chi connectivity index (χ3v) is 0.819. The SMILES string of the molecule is C\C=C/C(N)=C\C=C\C#N. The maximum atomic E-state index is 8.08. The van der Waals surface area contributed by atoms with Gasteiger partial charge in [0.25, 0.3) is 0 Å². The van der Waals surface area contributed by atoms with Gasteiger partial charge in [-0.3, -0.25) is 0 Å². The van der Waals surface area contributed by atoms with Crippen molar-refractivity contribution in [2.75, 3.05) is 0 Å². The summed E-state index contributed by atoms with van der Waals surface area (Å²) in [5, 5.41) is 8.08. The van der Waals surface area contributed by atoms with Crippen molar-refractivity contribution in [3.8, 4) is 6.07 Å². The number of nitrogens with two attached hydrogens (primary N) is 1. The van der Waals surface area contributed by atoms with Gasteiger partial charge in [0, 0.05) is 11.8 Å². The predicted molar refractivity (Wildman–Crippen MR) is 41.8 cm³/mol. The van der Waals surface area contributed by atoms with E-state index in [-0.39, 0.29) is 0 Å². The Balaban J connectivity index is 3.94. The molecular weight excluding hydrogens is 124 g/mol. The minimum atomic E-state index is 0.647. The van der Waals surface area contributed by atoms with E-state index in [4.69, 9.17) is 11.0 Å². The zero-order chi connectivity index (χ0) is 7.82. The van der Waals surface area contributed by atoms with Crippen LogP contribution >= 0.6 is 0 Å². The van der Waals surface area contributed by atoms with E-state index in [2.05, 4.69) is 0 Å². The molecule has 0 saturated heterocycles. The van der Waals surface area contributed by atoms with Crippen LogP contribution in [0.5, 0.6) is 0 Å². The van der Waals surface area contributed by atoms with E-state index in [0.717, 1.165) is 0 Å². The maximum Gasteiger partial charge on any atom is 0.0912 e. The molecule has 0 bridgehead atoms. The molecular formula is C8H10N2. The Hall–Kier alpha value is -1.49. The first-order valence-corrected chi connectivity index (χ1v) is 2.96. The van der Waals surface area contributed by atoms with Gasteiger partial charge in [-0.15, -0.1) is 0 Å². The van der Waals surface area contributed by atoms with Crippen LogP contribution in [-0.2, 0) is 0 Å². The molecule has 0 heterocycles. The van der Waals surface area contributed by atoms with Gasteiger partial charge in [0.05, 0.1) is 6.07 Å². The fraction of sp³-hybridized carbons (Fsp3) is 0.125. The Morgan fingerprint density at radius 2 is 2.30 bits per heavy atom. The lowest BCUT2D eigenvalue weighted by Crippen LogP contribution is -1.90. The van der Waals surface area contributed by atoms with E-state index < -0.39 is 0 Å². The summed E-state index contributed by atoms with van der Waals surface area (Å²) < 4.78 is 0. The Morgan fingerprint density at radius 1 is 1.60 bits per heavy atom. The molecule has 0 aromatic rings. The number of nitriles is 1. The molecule has 0 aliphatic heterocycles. The van der Waals surface area contributed by atoms with Crippen LogP contribution < -0.4 is 5.73 Å². The largest absolute Gasteiger partial charge is 0.399 e. The second-order valence-electron chi connectivity index (χ2n) is 1.65. The van der Waals surface area contributed by atoms with E-state index in [1.165, 1.54) is 6.08 Å². The van der Waals surface area contributed by atoms with Crippen molar-refractivity contribution in [3.05, 3.63) is 36.1 Å². The fourth-order valence-corrected chi connectivity index (χ4v) is 0.450. The van der Waals surface area contributed by atoms with Gasteiger partial charge in [-0.25, -0.2) is 0 Å². The summed E-state index contributed by atoms with van der Waals surface area (Å²) in [6.07, 6.45) is 8.25. The molecule has 0 rings (SSSR count). The molecule has 0 fully saturated rings. The van der Waals surface area contributed by atoms with Crippen LogP contribution in [0.3, 0.4) is 0 Å². The van der Waals surface area contributed by atoms with Gasteiger partial charge in [-0.1, -0.05) is 6.08 Å². The molecule has 2 nitrogen and oxygen atoms in total. The number of rotatable bonds is 2. The van der Waals surface area contributed by atoms with Gasteiger partial charge in [-0.2, -0.15) is 5.26 Å². The highest BCUT2D eigenvalue weighted by atomic mass is 14.5. The topological polar surface area (TPSA) is 49.8 Å². The summed E-state index contributed by atoms with van der Waals surface area (Å²) in [6, 6.07) is 1.86. The van der Waals surface area contributed by atoms with Crippen LogP contribution in [0.25, 0.3) is 0 Å². The van der Waals surface area contributed by atoms with Gasteiger partial charge in [0.15, 0.2) is 0 Å². The highest BCUT2D eigenvalue weighted by Gasteiger charge is 1.73. The number of hydrogen-bond donors (Lipinski definition) is 1. The molecule has 0 aliphatic rings. The van der Waals surface area contributed by atoms with Crippen molar-refractivity contribution in [1.29, 1.82) is 5.26 Å². The zero-order valence-electron chi connectivity index (χ0n) is 5.91. The van der Waals surface area contributed by atoms with Crippen LogP contribution in [0.4, 0.5) is 0 Å². The normalized spacial score (nSPS) is 12.6. The first kappa shape index (κ1) is 8.51. The van der Waals surface area contributed by atoms with Crippen molar-refractivity contribution in [3.63, 3.8) is 0 Å². The Kier molecular flexibility index (Phi) is 4.80. The van der Waals surface area contributed by atoms with Crippen LogP contribution in [0.2, 0.25) is 0 Å². The van der Waals surface area contributed by atoms with Gasteiger partial charge < -0.3 is 5.73 Å². The standard InChI is InChI=1S/C8H10N2/c1-2-5-8(10)6-3-4-7-9/h2-6H,10H2,1H3/b4-3+,5-2-,8-6+. The molecule has 0 aliphatic carbocycles. The molecule has 2 heteroatoms. The molecule has 0 amide bonds. The summed E-state index contributed by atoms with van der Waals surface area (Å²) in [4.78, 5) is 0. The van der Waals surface area contributed by atoms with Crippen molar-refractivity contribution >= 4 is 0 Å². The predicted octanol–water partition coefficient (Wildman–Crippen LogP) is 1.48. The Morgan fingerprint density at radius 3 is 2.80 bits per heavy atom. The molecule has 0 atom stereocenters. The maximum absolute atomic E-state index is 8.08. The average Bonchev–Trinajstić information content (AvgIpc) is 1.89. The van der Waals surface area contributed by atoms with E-state index in [0.29, 0.717) is 5.70 Å². The Labute approximate surface area is 61.0 Å². The molecule has 0 radical (unpaired) electrons. The van der Waals surface area contributed by atoms with Gasteiger partial charge in [0.1, 0.15) is 0 Å². The number of hydrogen-bond acceptors (Lipinski definition) is 2. The van der Waals surface area contributed by atoms with Crippen LogP contribution in [0.1, 0.15) is 6.92 Å². The summed E-state index contributed by atoms with van der Waals surface area (Å²) in [6.45, 7) is 1.88. The second-order valence-corrected chi connectivity index (χ2v) is 1.65. The van der Waals surface area contributed by atoms with Crippen molar-refractivity contribution in [2.24, 2.45) is 5.73 Å². The minimum Gasteiger partial charge on any atom is -0.399 e. The zero-order valence-corrected chi connectivity index (χ0v) is 5.91. The number of nitrogens with zero attached hydrogens (tertiary/aromatic N) is 1. The highest BCUT2D eigenvalue weighted by Crippen LogP contribution is 1.86. The molecule has 0 spiro atoms. The van der Waals surface area contributed by atoms with Gasteiger partial charge >= 0.3 is 0 Å².